The van der Waals surface area contributed by atoms with Gasteiger partial charge in [0.25, 0.3) is 0 Å². The summed E-state index contributed by atoms with van der Waals surface area (Å²) in [5, 5.41) is 0. The maximum atomic E-state index is 6.13. The summed E-state index contributed by atoms with van der Waals surface area (Å²) in [6.45, 7) is 2.23. The van der Waals surface area contributed by atoms with Crippen LogP contribution in [0.5, 0.6) is 0 Å². The summed E-state index contributed by atoms with van der Waals surface area (Å²) in [6, 6.07) is 3.97. The fourth-order valence-corrected chi connectivity index (χ4v) is 2.61. The standard InChI is InChI=1S/C14H20BrN3/c1-2-3-4-5-6-9-12-13(16)18-10-7-8-11(15)14(18)17-12/h7-8,10H,2-6,9,16H2,1H3. The van der Waals surface area contributed by atoms with Crippen LogP contribution in [0.4, 0.5) is 5.82 Å². The first-order valence-corrected chi connectivity index (χ1v) is 7.44. The van der Waals surface area contributed by atoms with E-state index in [-0.39, 0.29) is 0 Å². The van der Waals surface area contributed by atoms with Gasteiger partial charge < -0.3 is 5.73 Å². The molecule has 98 valence electrons. The van der Waals surface area contributed by atoms with Gasteiger partial charge >= 0.3 is 0 Å². The van der Waals surface area contributed by atoms with Gasteiger partial charge in [-0.25, -0.2) is 4.98 Å². The van der Waals surface area contributed by atoms with Crippen LogP contribution < -0.4 is 5.73 Å². The number of unbranched alkanes of at least 4 members (excludes halogenated alkanes) is 4. The molecule has 0 saturated carbocycles. The second-order valence-electron chi connectivity index (χ2n) is 4.66. The molecule has 2 aromatic heterocycles. The van der Waals surface area contributed by atoms with Crippen molar-refractivity contribution in [3.8, 4) is 0 Å². The number of halogens is 1. The van der Waals surface area contributed by atoms with Crippen LogP contribution in [0.25, 0.3) is 5.65 Å². The van der Waals surface area contributed by atoms with Crippen LogP contribution >= 0.6 is 15.9 Å². The van der Waals surface area contributed by atoms with Crippen LogP contribution in [0.15, 0.2) is 22.8 Å². The largest absolute Gasteiger partial charge is 0.383 e. The summed E-state index contributed by atoms with van der Waals surface area (Å²) in [7, 11) is 0. The highest BCUT2D eigenvalue weighted by Gasteiger charge is 2.10. The first-order chi connectivity index (χ1) is 8.74. The lowest BCUT2D eigenvalue weighted by atomic mass is 10.1. The Morgan fingerprint density at radius 2 is 2.06 bits per heavy atom. The van der Waals surface area contributed by atoms with Gasteiger partial charge in [-0.1, -0.05) is 32.6 Å². The topological polar surface area (TPSA) is 43.3 Å². The quantitative estimate of drug-likeness (QED) is 0.813. The molecule has 0 fully saturated rings. The number of pyridine rings is 1. The zero-order valence-corrected chi connectivity index (χ0v) is 12.4. The third-order valence-corrected chi connectivity index (χ3v) is 3.85. The van der Waals surface area contributed by atoms with Crippen molar-refractivity contribution in [1.82, 2.24) is 9.38 Å². The number of aryl methyl sites for hydroxylation is 1. The minimum Gasteiger partial charge on any atom is -0.383 e. The van der Waals surface area contributed by atoms with Crippen LogP contribution in [-0.2, 0) is 6.42 Å². The predicted molar refractivity (Wildman–Crippen MR) is 79.8 cm³/mol. The molecule has 0 spiro atoms. The molecule has 0 aromatic carbocycles. The molecule has 0 aliphatic rings. The smallest absolute Gasteiger partial charge is 0.153 e. The molecule has 0 unspecified atom stereocenters. The fraction of sp³-hybridized carbons (Fsp3) is 0.500. The zero-order valence-electron chi connectivity index (χ0n) is 10.8. The molecule has 0 aliphatic heterocycles. The van der Waals surface area contributed by atoms with Crippen molar-refractivity contribution in [2.75, 3.05) is 5.73 Å². The van der Waals surface area contributed by atoms with E-state index in [0.29, 0.717) is 0 Å². The molecule has 0 amide bonds. The molecular weight excluding hydrogens is 290 g/mol. The van der Waals surface area contributed by atoms with E-state index < -0.39 is 0 Å². The number of hydrogen-bond donors (Lipinski definition) is 1. The fourth-order valence-electron chi connectivity index (χ4n) is 2.18. The van der Waals surface area contributed by atoms with Gasteiger partial charge in [-0.05, 0) is 40.9 Å². The van der Waals surface area contributed by atoms with Crippen molar-refractivity contribution < 1.29 is 0 Å². The average Bonchev–Trinajstić information content (AvgIpc) is 2.69. The van der Waals surface area contributed by atoms with E-state index in [4.69, 9.17) is 5.73 Å². The Bertz CT molecular complexity index is 519. The number of nitrogen functional groups attached to an aromatic ring is 1. The average molecular weight is 310 g/mol. The number of nitrogens with two attached hydrogens (primary N) is 1. The summed E-state index contributed by atoms with van der Waals surface area (Å²) in [4.78, 5) is 4.62. The van der Waals surface area contributed by atoms with Gasteiger partial charge in [-0.3, -0.25) is 4.40 Å². The van der Waals surface area contributed by atoms with Gasteiger partial charge in [0.1, 0.15) is 5.82 Å². The van der Waals surface area contributed by atoms with Crippen molar-refractivity contribution in [3.63, 3.8) is 0 Å². The Morgan fingerprint density at radius 1 is 1.28 bits per heavy atom. The minimum atomic E-state index is 0.779. The number of imidazole rings is 1. The maximum absolute atomic E-state index is 6.13. The van der Waals surface area contributed by atoms with E-state index in [1.165, 1.54) is 32.1 Å². The summed E-state index contributed by atoms with van der Waals surface area (Å²) >= 11 is 3.51. The monoisotopic (exact) mass is 309 g/mol. The Labute approximate surface area is 117 Å². The van der Waals surface area contributed by atoms with E-state index in [2.05, 4.69) is 27.8 Å². The molecule has 4 heteroatoms. The van der Waals surface area contributed by atoms with Crippen LogP contribution in [0, 0.1) is 0 Å². The molecule has 0 bridgehead atoms. The van der Waals surface area contributed by atoms with Crippen LogP contribution in [0.2, 0.25) is 0 Å². The molecule has 0 aliphatic carbocycles. The summed E-state index contributed by atoms with van der Waals surface area (Å²) in [5.41, 5.74) is 8.07. The van der Waals surface area contributed by atoms with E-state index in [0.717, 1.165) is 28.1 Å². The molecule has 2 aromatic rings. The first kappa shape index (κ1) is 13.4. The molecule has 0 saturated heterocycles. The van der Waals surface area contributed by atoms with Gasteiger partial charge in [-0.15, -0.1) is 0 Å². The second-order valence-corrected chi connectivity index (χ2v) is 5.51. The highest BCUT2D eigenvalue weighted by Crippen LogP contribution is 2.23. The normalized spacial score (nSPS) is 11.2. The van der Waals surface area contributed by atoms with E-state index in [1.54, 1.807) is 0 Å². The first-order valence-electron chi connectivity index (χ1n) is 6.65. The minimum absolute atomic E-state index is 0.779. The van der Waals surface area contributed by atoms with E-state index in [9.17, 15) is 0 Å². The molecule has 0 atom stereocenters. The van der Waals surface area contributed by atoms with Crippen molar-refractivity contribution in [2.45, 2.75) is 45.4 Å². The predicted octanol–water partition coefficient (Wildman–Crippen LogP) is 4.19. The number of fused-ring (bicyclic) bond motifs is 1. The summed E-state index contributed by atoms with van der Waals surface area (Å²) < 4.78 is 2.94. The van der Waals surface area contributed by atoms with E-state index >= 15 is 0 Å². The van der Waals surface area contributed by atoms with Gasteiger partial charge in [0.15, 0.2) is 5.65 Å². The lowest BCUT2D eigenvalue weighted by Gasteiger charge is -2.00. The van der Waals surface area contributed by atoms with E-state index in [1.807, 2.05) is 22.7 Å². The highest BCUT2D eigenvalue weighted by molar-refractivity contribution is 9.10. The zero-order chi connectivity index (χ0) is 13.0. The summed E-state index contributed by atoms with van der Waals surface area (Å²) in [6.07, 6.45) is 9.30. The highest BCUT2D eigenvalue weighted by atomic mass is 79.9. The molecule has 3 nitrogen and oxygen atoms in total. The third-order valence-electron chi connectivity index (χ3n) is 3.23. The number of nitrogens with zero attached hydrogens (tertiary/aromatic N) is 2. The number of anilines is 1. The molecule has 0 radical (unpaired) electrons. The summed E-state index contributed by atoms with van der Waals surface area (Å²) in [5.74, 6) is 0.779. The van der Waals surface area contributed by atoms with Crippen LogP contribution in [0.3, 0.4) is 0 Å². The lowest BCUT2D eigenvalue weighted by Crippen LogP contribution is -1.96. The Balaban J connectivity index is 2.05. The molecule has 2 rings (SSSR count). The lowest BCUT2D eigenvalue weighted by molar-refractivity contribution is 0.629. The molecule has 18 heavy (non-hydrogen) atoms. The van der Waals surface area contributed by atoms with Gasteiger partial charge in [0, 0.05) is 6.20 Å². The van der Waals surface area contributed by atoms with Crippen molar-refractivity contribution >= 4 is 27.4 Å². The van der Waals surface area contributed by atoms with Crippen LogP contribution in [0.1, 0.15) is 44.7 Å². The van der Waals surface area contributed by atoms with Crippen molar-refractivity contribution in [2.24, 2.45) is 0 Å². The number of hydrogen-bond acceptors (Lipinski definition) is 2. The Kier molecular flexibility index (Phi) is 4.64. The second kappa shape index (κ2) is 6.23. The van der Waals surface area contributed by atoms with Gasteiger partial charge in [-0.2, -0.15) is 0 Å². The van der Waals surface area contributed by atoms with Gasteiger partial charge in [0.05, 0.1) is 10.2 Å². The number of aromatic nitrogens is 2. The van der Waals surface area contributed by atoms with Gasteiger partial charge in [0.2, 0.25) is 0 Å². The maximum Gasteiger partial charge on any atom is 0.153 e. The Morgan fingerprint density at radius 3 is 2.78 bits per heavy atom. The molecular formula is C14H20BrN3. The van der Waals surface area contributed by atoms with Crippen LogP contribution in [-0.4, -0.2) is 9.38 Å². The molecule has 2 N–H and O–H groups in total. The number of rotatable bonds is 6. The SMILES string of the molecule is CCCCCCCc1nc2c(Br)cccn2c1N. The van der Waals surface area contributed by atoms with Crippen molar-refractivity contribution in [3.05, 3.63) is 28.5 Å². The third kappa shape index (κ3) is 2.86. The Hall–Kier alpha value is -1.03. The molecule has 2 heterocycles. The van der Waals surface area contributed by atoms with Crippen molar-refractivity contribution in [1.29, 1.82) is 0 Å².